The Morgan fingerprint density at radius 3 is 2.42 bits per heavy atom. The first-order valence-electron chi connectivity index (χ1n) is 10.3. The minimum atomic E-state index is -3.62. The van der Waals surface area contributed by atoms with Crippen molar-refractivity contribution in [3.63, 3.8) is 0 Å². The average molecular weight is 448 g/mol. The van der Waals surface area contributed by atoms with E-state index in [0.717, 1.165) is 24.4 Å². The van der Waals surface area contributed by atoms with E-state index in [1.165, 1.54) is 12.1 Å². The number of methoxy groups -OCH3 is 1. The first-order chi connectivity index (χ1) is 15.0. The fraction of sp³-hybridized carbons (Fsp3) is 0.409. The Balaban J connectivity index is 1.54. The fourth-order valence-electron chi connectivity index (χ4n) is 3.45. The highest BCUT2D eigenvalue weighted by atomic mass is 32.2. The molecule has 0 radical (unpaired) electrons. The summed E-state index contributed by atoms with van der Waals surface area (Å²) in [5, 5.41) is 2.95. The molecule has 2 aromatic rings. The van der Waals surface area contributed by atoms with Crippen LogP contribution < -0.4 is 14.8 Å². The van der Waals surface area contributed by atoms with Gasteiger partial charge < -0.3 is 14.8 Å². The summed E-state index contributed by atoms with van der Waals surface area (Å²) < 4.78 is 37.7. The van der Waals surface area contributed by atoms with Gasteiger partial charge in [0.2, 0.25) is 15.9 Å². The molecule has 9 heteroatoms. The van der Waals surface area contributed by atoms with E-state index in [-0.39, 0.29) is 29.8 Å². The van der Waals surface area contributed by atoms with Gasteiger partial charge in [-0.15, -0.1) is 0 Å². The van der Waals surface area contributed by atoms with Crippen molar-refractivity contribution in [2.45, 2.75) is 17.4 Å². The Morgan fingerprint density at radius 1 is 1.10 bits per heavy atom. The molecule has 0 unspecified atom stereocenters. The number of nitrogens with zero attached hydrogens (tertiary/aromatic N) is 1. The van der Waals surface area contributed by atoms with Gasteiger partial charge in [0.25, 0.3) is 0 Å². The van der Waals surface area contributed by atoms with E-state index in [4.69, 9.17) is 9.47 Å². The van der Waals surface area contributed by atoms with Crippen LogP contribution in [0.25, 0.3) is 0 Å². The molecule has 1 aliphatic rings. The van der Waals surface area contributed by atoms with Gasteiger partial charge in [0, 0.05) is 32.6 Å². The lowest BCUT2D eigenvalue weighted by atomic mass is 10.0. The van der Waals surface area contributed by atoms with Gasteiger partial charge in [-0.1, -0.05) is 30.3 Å². The van der Waals surface area contributed by atoms with Gasteiger partial charge in [0.15, 0.2) is 0 Å². The number of carbonyl (C=O) groups excluding carboxylic acids is 1. The molecule has 3 rings (SSSR count). The topological polar surface area (TPSA) is 97.0 Å². The van der Waals surface area contributed by atoms with Crippen LogP contribution in [-0.4, -0.2) is 65.7 Å². The van der Waals surface area contributed by atoms with Gasteiger partial charge in [-0.3, -0.25) is 9.69 Å². The molecular weight excluding hydrogens is 418 g/mol. The second-order valence-electron chi connectivity index (χ2n) is 7.20. The summed E-state index contributed by atoms with van der Waals surface area (Å²) in [4.78, 5) is 14.8. The number of hydrogen-bond acceptors (Lipinski definition) is 6. The Hall–Kier alpha value is -2.46. The molecule has 0 saturated carbocycles. The van der Waals surface area contributed by atoms with Crippen LogP contribution in [0.2, 0.25) is 0 Å². The zero-order valence-electron chi connectivity index (χ0n) is 17.6. The van der Waals surface area contributed by atoms with E-state index in [9.17, 15) is 13.2 Å². The monoisotopic (exact) mass is 447 g/mol. The summed E-state index contributed by atoms with van der Waals surface area (Å²) in [5.41, 5.74) is 1.08. The molecule has 1 fully saturated rings. The molecule has 1 atom stereocenters. The van der Waals surface area contributed by atoms with Crippen molar-refractivity contribution in [2.75, 3.05) is 46.5 Å². The lowest BCUT2D eigenvalue weighted by Gasteiger charge is -2.35. The van der Waals surface area contributed by atoms with E-state index in [1.54, 1.807) is 25.3 Å². The van der Waals surface area contributed by atoms with Crippen LogP contribution in [0.4, 0.5) is 0 Å². The molecule has 0 spiro atoms. The van der Waals surface area contributed by atoms with Gasteiger partial charge in [0.1, 0.15) is 5.75 Å². The van der Waals surface area contributed by atoms with Gasteiger partial charge in [-0.2, -0.15) is 0 Å². The number of ether oxygens (including phenoxy) is 2. The second kappa shape index (κ2) is 11.2. The highest BCUT2D eigenvalue weighted by Gasteiger charge is 2.23. The number of amides is 1. The summed E-state index contributed by atoms with van der Waals surface area (Å²) >= 11 is 0. The fourth-order valence-corrected chi connectivity index (χ4v) is 4.51. The smallest absolute Gasteiger partial charge is 0.240 e. The molecule has 1 heterocycles. The molecule has 8 nitrogen and oxygen atoms in total. The molecule has 31 heavy (non-hydrogen) atoms. The summed E-state index contributed by atoms with van der Waals surface area (Å²) in [7, 11) is -1.99. The van der Waals surface area contributed by atoms with Gasteiger partial charge in [-0.25, -0.2) is 13.1 Å². The predicted octanol–water partition coefficient (Wildman–Crippen LogP) is 1.55. The van der Waals surface area contributed by atoms with E-state index in [1.807, 2.05) is 24.3 Å². The van der Waals surface area contributed by atoms with Crippen LogP contribution in [0.5, 0.6) is 5.75 Å². The summed E-state index contributed by atoms with van der Waals surface area (Å²) in [6.45, 7) is 3.33. The molecule has 1 saturated heterocycles. The summed E-state index contributed by atoms with van der Waals surface area (Å²) in [5.74, 6) is 0.571. The number of morpholine rings is 1. The maximum absolute atomic E-state index is 12.4. The third-order valence-corrected chi connectivity index (χ3v) is 6.65. The van der Waals surface area contributed by atoms with Crippen LogP contribution in [-0.2, 0) is 19.6 Å². The molecule has 0 aromatic heterocycles. The van der Waals surface area contributed by atoms with E-state index < -0.39 is 10.0 Å². The Labute approximate surface area is 183 Å². The molecule has 1 amide bonds. The maximum Gasteiger partial charge on any atom is 0.240 e. The number of rotatable bonds is 10. The molecule has 2 aromatic carbocycles. The highest BCUT2D eigenvalue weighted by Crippen LogP contribution is 2.23. The van der Waals surface area contributed by atoms with E-state index >= 15 is 0 Å². The molecule has 0 aliphatic carbocycles. The lowest BCUT2D eigenvalue weighted by Crippen LogP contribution is -2.44. The lowest BCUT2D eigenvalue weighted by molar-refractivity contribution is -0.121. The number of carbonyl (C=O) groups is 1. The van der Waals surface area contributed by atoms with Crippen LogP contribution in [0, 0.1) is 0 Å². The normalized spacial score (nSPS) is 15.9. The SMILES string of the molecule is COc1ccc([C@H](CNC(=O)CCNS(=O)(=O)c2ccccc2)N2CCOCC2)cc1. The van der Waals surface area contributed by atoms with Crippen molar-refractivity contribution < 1.29 is 22.7 Å². The minimum Gasteiger partial charge on any atom is -0.497 e. The van der Waals surface area contributed by atoms with Crippen LogP contribution in [0.3, 0.4) is 0 Å². The minimum absolute atomic E-state index is 0.000216. The number of hydrogen-bond donors (Lipinski definition) is 2. The first-order valence-corrected chi connectivity index (χ1v) is 11.7. The van der Waals surface area contributed by atoms with Crippen molar-refractivity contribution in [3.8, 4) is 5.75 Å². The summed E-state index contributed by atoms with van der Waals surface area (Å²) in [6.07, 6.45) is 0.0600. The van der Waals surface area contributed by atoms with Crippen molar-refractivity contribution in [1.82, 2.24) is 14.9 Å². The maximum atomic E-state index is 12.4. The van der Waals surface area contributed by atoms with Crippen molar-refractivity contribution >= 4 is 15.9 Å². The molecular formula is C22H29N3O5S. The second-order valence-corrected chi connectivity index (χ2v) is 8.97. The zero-order chi connectivity index (χ0) is 22.1. The Kier molecular flexibility index (Phi) is 8.42. The van der Waals surface area contributed by atoms with Crippen molar-refractivity contribution in [1.29, 1.82) is 0 Å². The van der Waals surface area contributed by atoms with Gasteiger partial charge >= 0.3 is 0 Å². The van der Waals surface area contributed by atoms with Crippen LogP contribution in [0.15, 0.2) is 59.5 Å². The quantitative estimate of drug-likeness (QED) is 0.574. The zero-order valence-corrected chi connectivity index (χ0v) is 18.4. The number of sulfonamides is 1. The largest absolute Gasteiger partial charge is 0.497 e. The highest BCUT2D eigenvalue weighted by molar-refractivity contribution is 7.89. The third kappa shape index (κ3) is 6.76. The molecule has 0 bridgehead atoms. The first kappa shape index (κ1) is 23.2. The van der Waals surface area contributed by atoms with E-state index in [0.29, 0.717) is 19.8 Å². The standard InChI is InChI=1S/C22H29N3O5S/c1-29-19-9-7-18(8-10-19)21(25-13-15-30-16-14-25)17-23-22(26)11-12-24-31(27,28)20-5-3-2-4-6-20/h2-10,21,24H,11-17H2,1H3,(H,23,26)/t21-/m0/s1. The van der Waals surface area contributed by atoms with Gasteiger partial charge in [0.05, 0.1) is 31.3 Å². The van der Waals surface area contributed by atoms with Crippen molar-refractivity contribution in [3.05, 3.63) is 60.2 Å². The van der Waals surface area contributed by atoms with E-state index in [2.05, 4.69) is 14.9 Å². The van der Waals surface area contributed by atoms with Crippen LogP contribution >= 0.6 is 0 Å². The molecule has 1 aliphatic heterocycles. The Bertz CT molecular complexity index is 929. The molecule has 2 N–H and O–H groups in total. The van der Waals surface area contributed by atoms with Crippen LogP contribution in [0.1, 0.15) is 18.0 Å². The number of nitrogens with one attached hydrogen (secondary N) is 2. The average Bonchev–Trinajstić information content (AvgIpc) is 2.81. The Morgan fingerprint density at radius 2 is 1.77 bits per heavy atom. The number of benzene rings is 2. The molecule has 168 valence electrons. The third-order valence-electron chi connectivity index (χ3n) is 5.18. The summed E-state index contributed by atoms with van der Waals surface area (Å²) in [6, 6.07) is 15.9. The van der Waals surface area contributed by atoms with Gasteiger partial charge in [-0.05, 0) is 29.8 Å². The van der Waals surface area contributed by atoms with Crippen molar-refractivity contribution in [2.24, 2.45) is 0 Å². The predicted molar refractivity (Wildman–Crippen MR) is 117 cm³/mol.